The molecule has 0 spiro atoms. The fraction of sp³-hybridized carbons (Fsp3) is 1.00. The van der Waals surface area contributed by atoms with E-state index in [0.717, 1.165) is 12.5 Å². The van der Waals surface area contributed by atoms with Crippen LogP contribution in [0.1, 0.15) is 38.5 Å². The third kappa shape index (κ3) is 3.70. The number of alkyl halides is 2. The first-order valence-electron chi connectivity index (χ1n) is 5.27. The summed E-state index contributed by atoms with van der Waals surface area (Å²) in [5.41, 5.74) is 0. The van der Waals surface area contributed by atoms with E-state index in [4.69, 9.17) is 0 Å². The van der Waals surface area contributed by atoms with E-state index in [9.17, 15) is 8.78 Å². The van der Waals surface area contributed by atoms with E-state index in [1.54, 1.807) is 0 Å². The highest BCUT2D eigenvalue weighted by molar-refractivity contribution is 5.85. The molecule has 0 aromatic rings. The summed E-state index contributed by atoms with van der Waals surface area (Å²) in [5, 5.41) is 3.39. The molecule has 0 unspecified atom stereocenters. The molecular weight excluding hydrogens is 208 g/mol. The predicted molar refractivity (Wildman–Crippen MR) is 55.2 cm³/mol. The van der Waals surface area contributed by atoms with Crippen molar-refractivity contribution in [3.05, 3.63) is 0 Å². The van der Waals surface area contributed by atoms with Gasteiger partial charge in [-0.2, -0.15) is 0 Å². The molecule has 0 radical (unpaired) electrons. The van der Waals surface area contributed by atoms with Crippen LogP contribution in [-0.2, 0) is 0 Å². The monoisotopic (exact) mass is 225 g/mol. The molecule has 0 aromatic heterocycles. The minimum Gasteiger partial charge on any atom is -0.314 e. The van der Waals surface area contributed by atoms with Crippen molar-refractivity contribution >= 4 is 12.4 Å². The lowest BCUT2D eigenvalue weighted by Gasteiger charge is -2.28. The van der Waals surface area contributed by atoms with E-state index in [-0.39, 0.29) is 25.2 Å². The summed E-state index contributed by atoms with van der Waals surface area (Å²) in [6.07, 6.45) is 4.12. The van der Waals surface area contributed by atoms with Gasteiger partial charge in [0, 0.05) is 18.9 Å². The van der Waals surface area contributed by atoms with Gasteiger partial charge in [-0.3, -0.25) is 0 Å². The van der Waals surface area contributed by atoms with Gasteiger partial charge in [0.25, 0.3) is 0 Å². The average Bonchev–Trinajstić information content (AvgIpc) is 2.86. The summed E-state index contributed by atoms with van der Waals surface area (Å²) in [7, 11) is 0. The normalized spacial score (nSPS) is 27.0. The average molecular weight is 226 g/mol. The van der Waals surface area contributed by atoms with Gasteiger partial charge in [0.05, 0.1) is 0 Å². The molecule has 0 saturated heterocycles. The molecule has 1 nitrogen and oxygen atoms in total. The molecule has 2 aliphatic rings. The van der Waals surface area contributed by atoms with Crippen molar-refractivity contribution in [2.75, 3.05) is 6.54 Å². The Labute approximate surface area is 90.0 Å². The Hall–Kier alpha value is 0.110. The van der Waals surface area contributed by atoms with Gasteiger partial charge in [-0.05, 0) is 38.1 Å². The number of halogens is 3. The van der Waals surface area contributed by atoms with Gasteiger partial charge in [-0.1, -0.05) is 0 Å². The van der Waals surface area contributed by atoms with Gasteiger partial charge in [0.15, 0.2) is 0 Å². The summed E-state index contributed by atoms with van der Waals surface area (Å²) < 4.78 is 25.5. The summed E-state index contributed by atoms with van der Waals surface area (Å²) >= 11 is 0. The SMILES string of the molecule is Cl.FC1(F)CCC(NCC2CC2)CC1. The largest absolute Gasteiger partial charge is 0.314 e. The highest BCUT2D eigenvalue weighted by Gasteiger charge is 2.35. The van der Waals surface area contributed by atoms with E-state index < -0.39 is 5.92 Å². The number of hydrogen-bond donors (Lipinski definition) is 1. The van der Waals surface area contributed by atoms with E-state index in [0.29, 0.717) is 18.9 Å². The van der Waals surface area contributed by atoms with Crippen LogP contribution in [0.2, 0.25) is 0 Å². The third-order valence-corrected chi connectivity index (χ3v) is 3.11. The molecule has 2 fully saturated rings. The first kappa shape index (κ1) is 12.2. The highest BCUT2D eigenvalue weighted by atomic mass is 35.5. The number of hydrogen-bond acceptors (Lipinski definition) is 1. The van der Waals surface area contributed by atoms with Crippen molar-refractivity contribution in [3.8, 4) is 0 Å². The van der Waals surface area contributed by atoms with Gasteiger partial charge in [0.1, 0.15) is 0 Å². The Kier molecular flexibility index (Phi) is 4.14. The van der Waals surface area contributed by atoms with E-state index >= 15 is 0 Å². The van der Waals surface area contributed by atoms with Crippen molar-refractivity contribution in [1.29, 1.82) is 0 Å². The predicted octanol–water partition coefficient (Wildman–Crippen LogP) is 2.99. The van der Waals surface area contributed by atoms with Crippen LogP contribution in [-0.4, -0.2) is 18.5 Å². The van der Waals surface area contributed by atoms with Crippen molar-refractivity contribution in [2.24, 2.45) is 5.92 Å². The van der Waals surface area contributed by atoms with Crippen LogP contribution < -0.4 is 5.32 Å². The Morgan fingerprint density at radius 3 is 2.14 bits per heavy atom. The summed E-state index contributed by atoms with van der Waals surface area (Å²) in [6.45, 7) is 1.05. The Morgan fingerprint density at radius 2 is 1.64 bits per heavy atom. The zero-order valence-electron chi connectivity index (χ0n) is 8.27. The van der Waals surface area contributed by atoms with Gasteiger partial charge in [0.2, 0.25) is 5.92 Å². The Balaban J connectivity index is 0.000000980. The molecular formula is C10H18ClF2N. The first-order chi connectivity index (χ1) is 6.16. The molecule has 0 amide bonds. The highest BCUT2D eigenvalue weighted by Crippen LogP contribution is 2.34. The molecule has 0 heterocycles. The third-order valence-electron chi connectivity index (χ3n) is 3.11. The zero-order valence-corrected chi connectivity index (χ0v) is 9.09. The molecule has 0 aromatic carbocycles. The van der Waals surface area contributed by atoms with Crippen LogP contribution in [0.15, 0.2) is 0 Å². The fourth-order valence-corrected chi connectivity index (χ4v) is 1.90. The van der Waals surface area contributed by atoms with Crippen molar-refractivity contribution in [3.63, 3.8) is 0 Å². The van der Waals surface area contributed by atoms with Crippen molar-refractivity contribution in [1.82, 2.24) is 5.32 Å². The van der Waals surface area contributed by atoms with Crippen LogP contribution >= 0.6 is 12.4 Å². The lowest BCUT2D eigenvalue weighted by Crippen LogP contribution is -2.37. The minimum atomic E-state index is -2.38. The van der Waals surface area contributed by atoms with Crippen LogP contribution in [0, 0.1) is 5.92 Å². The maximum absolute atomic E-state index is 12.8. The maximum atomic E-state index is 12.8. The molecule has 4 heteroatoms. The Bertz CT molecular complexity index is 170. The van der Waals surface area contributed by atoms with Gasteiger partial charge in [-0.25, -0.2) is 8.78 Å². The molecule has 0 atom stereocenters. The fourth-order valence-electron chi connectivity index (χ4n) is 1.90. The lowest BCUT2D eigenvalue weighted by molar-refractivity contribution is -0.0404. The summed E-state index contributed by atoms with van der Waals surface area (Å²) in [4.78, 5) is 0. The molecule has 2 aliphatic carbocycles. The number of nitrogens with one attached hydrogen (secondary N) is 1. The standard InChI is InChI=1S/C10H17F2N.ClH/c11-10(12)5-3-9(4-6-10)13-7-8-1-2-8;/h8-9,13H,1-7H2;1H. The van der Waals surface area contributed by atoms with Gasteiger partial charge in [-0.15, -0.1) is 12.4 Å². The molecule has 0 aliphatic heterocycles. The summed E-state index contributed by atoms with van der Waals surface area (Å²) in [5.74, 6) is -1.53. The van der Waals surface area contributed by atoms with Crippen molar-refractivity contribution < 1.29 is 8.78 Å². The van der Waals surface area contributed by atoms with E-state index in [2.05, 4.69) is 5.32 Å². The minimum absolute atomic E-state index is 0. The molecule has 2 rings (SSSR count). The zero-order chi connectivity index (χ0) is 9.31. The van der Waals surface area contributed by atoms with E-state index in [1.807, 2.05) is 0 Å². The lowest BCUT2D eigenvalue weighted by atomic mass is 9.92. The molecule has 2 saturated carbocycles. The van der Waals surface area contributed by atoms with Crippen molar-refractivity contribution in [2.45, 2.75) is 50.5 Å². The molecule has 14 heavy (non-hydrogen) atoms. The van der Waals surface area contributed by atoms with Crippen LogP contribution in [0.5, 0.6) is 0 Å². The quantitative estimate of drug-likeness (QED) is 0.779. The smallest absolute Gasteiger partial charge is 0.248 e. The molecule has 1 N–H and O–H groups in total. The first-order valence-corrected chi connectivity index (χ1v) is 5.27. The molecule has 84 valence electrons. The summed E-state index contributed by atoms with van der Waals surface area (Å²) in [6, 6.07) is 0.361. The second kappa shape index (κ2) is 4.75. The second-order valence-electron chi connectivity index (χ2n) is 4.48. The van der Waals surface area contributed by atoms with Gasteiger partial charge >= 0.3 is 0 Å². The van der Waals surface area contributed by atoms with Crippen LogP contribution in [0.4, 0.5) is 8.78 Å². The van der Waals surface area contributed by atoms with Gasteiger partial charge < -0.3 is 5.32 Å². The maximum Gasteiger partial charge on any atom is 0.248 e. The van der Waals surface area contributed by atoms with Crippen LogP contribution in [0.25, 0.3) is 0 Å². The second-order valence-corrected chi connectivity index (χ2v) is 4.48. The topological polar surface area (TPSA) is 12.0 Å². The Morgan fingerprint density at radius 1 is 1.07 bits per heavy atom. The van der Waals surface area contributed by atoms with E-state index in [1.165, 1.54) is 12.8 Å². The number of rotatable bonds is 3. The van der Waals surface area contributed by atoms with Crippen LogP contribution in [0.3, 0.4) is 0 Å². The molecule has 0 bridgehead atoms.